The maximum Gasteiger partial charge on any atom is 0.434 e. The van der Waals surface area contributed by atoms with Gasteiger partial charge in [-0.1, -0.05) is 12.1 Å². The molecule has 1 N–H and O–H groups in total. The Labute approximate surface area is 171 Å². The number of carbonyl (C=O) groups excluding carboxylic acids is 1. The van der Waals surface area contributed by atoms with Crippen LogP contribution in [0.4, 0.5) is 31.1 Å². The summed E-state index contributed by atoms with van der Waals surface area (Å²) in [5, 5.41) is 3.24. The number of ether oxygens (including phenoxy) is 2. The molecule has 1 rings (SSSR count). The van der Waals surface area contributed by atoms with Crippen LogP contribution in [0, 0.1) is 0 Å². The SMILES string of the molecule is CCN(CCC(C)(C)NCc1ccc(OC)cc1)C(=O)OC(C(F)(F)F)C(F)(F)F. The second kappa shape index (κ2) is 10.2. The van der Waals surface area contributed by atoms with Crippen molar-refractivity contribution in [3.8, 4) is 5.75 Å². The Morgan fingerprint density at radius 2 is 1.60 bits per heavy atom. The minimum absolute atomic E-state index is 0.0830. The molecule has 30 heavy (non-hydrogen) atoms. The number of alkyl halides is 6. The smallest absolute Gasteiger partial charge is 0.434 e. The van der Waals surface area contributed by atoms with E-state index in [0.29, 0.717) is 12.3 Å². The zero-order valence-electron chi connectivity index (χ0n) is 17.2. The van der Waals surface area contributed by atoms with Crippen molar-refractivity contribution in [3.63, 3.8) is 0 Å². The number of rotatable bonds is 9. The summed E-state index contributed by atoms with van der Waals surface area (Å²) in [6.07, 6.45) is -17.0. The number of nitrogens with zero attached hydrogens (tertiary/aromatic N) is 1. The molecule has 11 heteroatoms. The number of nitrogens with one attached hydrogen (secondary N) is 1. The predicted octanol–water partition coefficient (Wildman–Crippen LogP) is 4.91. The van der Waals surface area contributed by atoms with Gasteiger partial charge in [-0.2, -0.15) is 26.3 Å². The number of benzene rings is 1. The van der Waals surface area contributed by atoms with Gasteiger partial charge in [0, 0.05) is 25.2 Å². The van der Waals surface area contributed by atoms with E-state index in [9.17, 15) is 31.1 Å². The first-order valence-corrected chi connectivity index (χ1v) is 9.16. The molecule has 1 amide bonds. The lowest BCUT2D eigenvalue weighted by Crippen LogP contribution is -2.49. The van der Waals surface area contributed by atoms with E-state index >= 15 is 0 Å². The highest BCUT2D eigenvalue weighted by molar-refractivity contribution is 5.67. The zero-order valence-corrected chi connectivity index (χ0v) is 17.2. The van der Waals surface area contributed by atoms with Crippen LogP contribution in [0.25, 0.3) is 0 Å². The second-order valence-corrected chi connectivity index (χ2v) is 7.26. The van der Waals surface area contributed by atoms with Crippen molar-refractivity contribution >= 4 is 6.09 Å². The van der Waals surface area contributed by atoms with Gasteiger partial charge in [0.05, 0.1) is 7.11 Å². The molecule has 0 saturated carbocycles. The fraction of sp³-hybridized carbons (Fsp3) is 0.632. The minimum Gasteiger partial charge on any atom is -0.497 e. The Bertz CT molecular complexity index is 660. The van der Waals surface area contributed by atoms with Crippen molar-refractivity contribution in [2.75, 3.05) is 20.2 Å². The molecular formula is C19H26F6N2O3. The van der Waals surface area contributed by atoms with Crippen LogP contribution >= 0.6 is 0 Å². The number of hydrogen-bond acceptors (Lipinski definition) is 4. The molecule has 5 nitrogen and oxygen atoms in total. The molecule has 0 aliphatic rings. The predicted molar refractivity (Wildman–Crippen MR) is 98.2 cm³/mol. The summed E-state index contributed by atoms with van der Waals surface area (Å²) < 4.78 is 84.4. The van der Waals surface area contributed by atoms with Crippen LogP contribution in [-0.4, -0.2) is 55.2 Å². The molecule has 0 unspecified atom stereocenters. The fourth-order valence-electron chi connectivity index (χ4n) is 2.46. The molecule has 0 atom stereocenters. The van der Waals surface area contributed by atoms with Gasteiger partial charge in [0.25, 0.3) is 6.10 Å². The van der Waals surface area contributed by atoms with Crippen LogP contribution in [-0.2, 0) is 11.3 Å². The average molecular weight is 444 g/mol. The van der Waals surface area contributed by atoms with Gasteiger partial charge in [0.1, 0.15) is 5.75 Å². The van der Waals surface area contributed by atoms with E-state index in [4.69, 9.17) is 4.74 Å². The summed E-state index contributed by atoms with van der Waals surface area (Å²) in [7, 11) is 1.55. The Kier molecular flexibility index (Phi) is 8.82. The van der Waals surface area contributed by atoms with E-state index < -0.39 is 30.1 Å². The van der Waals surface area contributed by atoms with Crippen molar-refractivity contribution in [1.82, 2.24) is 10.2 Å². The van der Waals surface area contributed by atoms with Crippen LogP contribution in [0.15, 0.2) is 24.3 Å². The Hall–Kier alpha value is -2.17. The Balaban J connectivity index is 2.65. The average Bonchev–Trinajstić information content (AvgIpc) is 2.63. The van der Waals surface area contributed by atoms with Crippen LogP contribution in [0.2, 0.25) is 0 Å². The topological polar surface area (TPSA) is 50.8 Å². The second-order valence-electron chi connectivity index (χ2n) is 7.26. The number of halogens is 6. The summed E-state index contributed by atoms with van der Waals surface area (Å²) in [6, 6.07) is 7.28. The molecule has 172 valence electrons. The summed E-state index contributed by atoms with van der Waals surface area (Å²) in [5.41, 5.74) is 0.398. The molecule has 0 saturated heterocycles. The van der Waals surface area contributed by atoms with Gasteiger partial charge in [-0.25, -0.2) is 4.79 Å². The normalized spacial score (nSPS) is 12.8. The standard InChI is InChI=1S/C19H26F6N2O3/c1-5-27(16(28)30-15(18(20,21)22)19(23,24)25)11-10-17(2,3)26-12-13-6-8-14(29-4)9-7-13/h6-9,15,26H,5,10-12H2,1-4H3. The molecular weight excluding hydrogens is 418 g/mol. The monoisotopic (exact) mass is 444 g/mol. The molecule has 0 fully saturated rings. The van der Waals surface area contributed by atoms with Crippen molar-refractivity contribution in [2.24, 2.45) is 0 Å². The number of carbonyl (C=O) groups is 1. The third-order valence-corrected chi connectivity index (χ3v) is 4.39. The van der Waals surface area contributed by atoms with Gasteiger partial charge in [0.2, 0.25) is 0 Å². The molecule has 0 aromatic heterocycles. The maximum absolute atomic E-state index is 12.6. The van der Waals surface area contributed by atoms with Crippen LogP contribution in [0.5, 0.6) is 5.75 Å². The van der Waals surface area contributed by atoms with Crippen LogP contribution < -0.4 is 10.1 Å². The highest BCUT2D eigenvalue weighted by Gasteiger charge is 2.60. The summed E-state index contributed by atoms with van der Waals surface area (Å²) in [4.78, 5) is 12.7. The quantitative estimate of drug-likeness (QED) is 0.551. The van der Waals surface area contributed by atoms with Crippen LogP contribution in [0.3, 0.4) is 0 Å². The van der Waals surface area contributed by atoms with E-state index in [1.165, 1.54) is 6.92 Å². The van der Waals surface area contributed by atoms with Gasteiger partial charge in [0.15, 0.2) is 0 Å². The lowest BCUT2D eigenvalue weighted by molar-refractivity contribution is -0.308. The molecule has 0 spiro atoms. The molecule has 0 bridgehead atoms. The molecule has 0 heterocycles. The molecule has 0 aliphatic carbocycles. The summed E-state index contributed by atoms with van der Waals surface area (Å²) in [5.74, 6) is 0.700. The van der Waals surface area contributed by atoms with Gasteiger partial charge in [-0.3, -0.25) is 0 Å². The number of amides is 1. The van der Waals surface area contributed by atoms with Crippen molar-refractivity contribution < 1.29 is 40.6 Å². The van der Waals surface area contributed by atoms with Crippen molar-refractivity contribution in [3.05, 3.63) is 29.8 Å². The lowest BCUT2D eigenvalue weighted by atomic mass is 9.99. The van der Waals surface area contributed by atoms with E-state index in [-0.39, 0.29) is 19.5 Å². The zero-order chi connectivity index (χ0) is 23.2. The largest absolute Gasteiger partial charge is 0.497 e. The van der Waals surface area contributed by atoms with Crippen LogP contribution in [0.1, 0.15) is 32.8 Å². The van der Waals surface area contributed by atoms with Crippen molar-refractivity contribution in [1.29, 1.82) is 0 Å². The third-order valence-electron chi connectivity index (χ3n) is 4.39. The highest BCUT2D eigenvalue weighted by Crippen LogP contribution is 2.36. The first kappa shape index (κ1) is 25.9. The first-order chi connectivity index (χ1) is 13.7. The summed E-state index contributed by atoms with van der Waals surface area (Å²) >= 11 is 0. The van der Waals surface area contributed by atoms with Gasteiger partial charge in [-0.15, -0.1) is 0 Å². The number of hydrogen-bond donors (Lipinski definition) is 1. The third kappa shape index (κ3) is 8.29. The lowest BCUT2D eigenvalue weighted by Gasteiger charge is -2.31. The molecule has 1 aromatic rings. The molecule has 1 aromatic carbocycles. The van der Waals surface area contributed by atoms with E-state index in [1.807, 2.05) is 26.0 Å². The van der Waals surface area contributed by atoms with Gasteiger partial charge in [-0.05, 0) is 44.9 Å². The van der Waals surface area contributed by atoms with Gasteiger partial charge < -0.3 is 19.7 Å². The first-order valence-electron chi connectivity index (χ1n) is 9.16. The minimum atomic E-state index is -5.74. The maximum atomic E-state index is 12.6. The molecule has 0 aliphatic heterocycles. The fourth-order valence-corrected chi connectivity index (χ4v) is 2.46. The Morgan fingerprint density at radius 3 is 2.03 bits per heavy atom. The number of methoxy groups -OCH3 is 1. The Morgan fingerprint density at radius 1 is 1.07 bits per heavy atom. The van der Waals surface area contributed by atoms with E-state index in [0.717, 1.165) is 10.5 Å². The van der Waals surface area contributed by atoms with Gasteiger partial charge >= 0.3 is 18.4 Å². The van der Waals surface area contributed by atoms with E-state index in [1.54, 1.807) is 19.2 Å². The van der Waals surface area contributed by atoms with E-state index in [2.05, 4.69) is 10.1 Å². The van der Waals surface area contributed by atoms with Crippen molar-refractivity contribution in [2.45, 2.75) is 57.7 Å². The molecule has 0 radical (unpaired) electrons. The highest BCUT2D eigenvalue weighted by atomic mass is 19.4. The summed E-state index contributed by atoms with van der Waals surface area (Å²) in [6.45, 7) is 5.34.